The molecule has 3 aromatic carbocycles. The van der Waals surface area contributed by atoms with Crippen molar-refractivity contribution in [2.45, 2.75) is 46.0 Å². The second kappa shape index (κ2) is 12.9. The summed E-state index contributed by atoms with van der Waals surface area (Å²) in [6.45, 7) is 6.92. The minimum absolute atomic E-state index is 0.289. The molecule has 1 N–H and O–H groups in total. The van der Waals surface area contributed by atoms with Crippen LogP contribution in [0, 0.1) is 6.92 Å². The number of carbonyl (C=O) groups excluding carboxylic acids is 1. The number of anilines is 1. The van der Waals surface area contributed by atoms with Gasteiger partial charge in [-0.25, -0.2) is 14.5 Å². The molecule has 0 saturated carbocycles. The van der Waals surface area contributed by atoms with Crippen LogP contribution >= 0.6 is 11.8 Å². The van der Waals surface area contributed by atoms with Crippen molar-refractivity contribution in [1.29, 1.82) is 0 Å². The minimum Gasteiger partial charge on any atom is -0.406 e. The molecule has 1 saturated heterocycles. The van der Waals surface area contributed by atoms with Crippen molar-refractivity contribution in [3.8, 4) is 22.8 Å². The zero-order chi connectivity index (χ0) is 30.6. The van der Waals surface area contributed by atoms with E-state index in [4.69, 9.17) is 0 Å². The molecule has 1 aromatic heterocycles. The number of thioether (sulfide) groups is 1. The van der Waals surface area contributed by atoms with Gasteiger partial charge in [-0.2, -0.15) is 4.99 Å². The second-order valence-electron chi connectivity index (χ2n) is 10.1. The van der Waals surface area contributed by atoms with E-state index in [0.717, 1.165) is 42.0 Å². The largest absolute Gasteiger partial charge is 0.573 e. The summed E-state index contributed by atoms with van der Waals surface area (Å²) in [6, 6.07) is 18.6. The highest BCUT2D eigenvalue weighted by molar-refractivity contribution is 8.14. The SMILES string of the molecule is CCCc1ccc(C)cc1N1CCSC1=NC(=O)NC(C)c1ccc(-c2ncn(-c3ccc(OC(F)(F)F)cc3)n2)cc1. The number of nitrogens with one attached hydrogen (secondary N) is 1. The molecule has 2 heterocycles. The van der Waals surface area contributed by atoms with Crippen molar-refractivity contribution >= 4 is 28.6 Å². The third-order valence-corrected chi connectivity index (χ3v) is 7.82. The number of amides is 2. The number of aromatic nitrogens is 3. The molecular formula is C31H31F3N6O2S. The van der Waals surface area contributed by atoms with Crippen molar-refractivity contribution in [3.05, 3.63) is 89.7 Å². The van der Waals surface area contributed by atoms with E-state index in [1.807, 2.05) is 31.2 Å². The third-order valence-electron chi connectivity index (χ3n) is 6.86. The number of aliphatic imine (C=N–C) groups is 1. The highest BCUT2D eigenvalue weighted by Crippen LogP contribution is 2.31. The van der Waals surface area contributed by atoms with E-state index in [-0.39, 0.29) is 11.8 Å². The van der Waals surface area contributed by atoms with E-state index in [1.165, 1.54) is 46.4 Å². The zero-order valence-corrected chi connectivity index (χ0v) is 24.7. The number of halogens is 3. The Morgan fingerprint density at radius 3 is 2.56 bits per heavy atom. The van der Waals surface area contributed by atoms with Gasteiger partial charge in [0.05, 0.1) is 11.7 Å². The fourth-order valence-corrected chi connectivity index (χ4v) is 5.70. The number of alkyl halides is 3. The third kappa shape index (κ3) is 7.56. The lowest BCUT2D eigenvalue weighted by molar-refractivity contribution is -0.274. The highest BCUT2D eigenvalue weighted by Gasteiger charge is 2.31. The molecule has 1 aliphatic rings. The number of nitrogens with zero attached hydrogens (tertiary/aromatic N) is 5. The van der Waals surface area contributed by atoms with Gasteiger partial charge >= 0.3 is 12.4 Å². The van der Waals surface area contributed by atoms with Crippen LogP contribution in [-0.4, -0.2) is 44.6 Å². The molecule has 5 rings (SSSR count). The van der Waals surface area contributed by atoms with Gasteiger partial charge in [0.1, 0.15) is 12.1 Å². The molecule has 0 radical (unpaired) electrons. The molecule has 12 heteroatoms. The van der Waals surface area contributed by atoms with Gasteiger partial charge in [-0.1, -0.05) is 61.5 Å². The van der Waals surface area contributed by atoms with Crippen LogP contribution in [0.4, 0.5) is 23.7 Å². The summed E-state index contributed by atoms with van der Waals surface area (Å²) in [5, 5.41) is 8.11. The Kier molecular flexibility index (Phi) is 9.05. The van der Waals surface area contributed by atoms with Crippen molar-refractivity contribution in [2.75, 3.05) is 17.2 Å². The van der Waals surface area contributed by atoms with Crippen LogP contribution in [0.2, 0.25) is 0 Å². The normalized spacial score (nSPS) is 15.1. The van der Waals surface area contributed by atoms with E-state index in [2.05, 4.69) is 62.1 Å². The summed E-state index contributed by atoms with van der Waals surface area (Å²) >= 11 is 1.58. The molecule has 0 spiro atoms. The average molecular weight is 609 g/mol. The average Bonchev–Trinajstić information content (AvgIpc) is 3.64. The van der Waals surface area contributed by atoms with E-state index >= 15 is 0 Å². The Hall–Kier alpha value is -4.32. The monoisotopic (exact) mass is 608 g/mol. The van der Waals surface area contributed by atoms with Crippen molar-refractivity contribution < 1.29 is 22.7 Å². The zero-order valence-electron chi connectivity index (χ0n) is 23.9. The molecule has 1 aliphatic heterocycles. The molecule has 1 atom stereocenters. The first-order chi connectivity index (χ1) is 20.6. The first kappa shape index (κ1) is 30.1. The lowest BCUT2D eigenvalue weighted by Crippen LogP contribution is -2.29. The summed E-state index contributed by atoms with van der Waals surface area (Å²) in [5.74, 6) is 0.998. The Balaban J connectivity index is 1.23. The molecule has 224 valence electrons. The van der Waals surface area contributed by atoms with E-state index in [9.17, 15) is 18.0 Å². The van der Waals surface area contributed by atoms with Gasteiger partial charge in [0.25, 0.3) is 0 Å². The summed E-state index contributed by atoms with van der Waals surface area (Å²) < 4.78 is 42.6. The fraction of sp³-hybridized carbons (Fsp3) is 0.290. The topological polar surface area (TPSA) is 84.6 Å². The number of hydrogen-bond donors (Lipinski definition) is 1. The summed E-state index contributed by atoms with van der Waals surface area (Å²) in [4.78, 5) is 23.8. The smallest absolute Gasteiger partial charge is 0.406 e. The summed E-state index contributed by atoms with van der Waals surface area (Å²) in [7, 11) is 0. The molecule has 1 unspecified atom stereocenters. The van der Waals surface area contributed by atoms with E-state index in [1.54, 1.807) is 11.8 Å². The first-order valence-electron chi connectivity index (χ1n) is 13.9. The van der Waals surface area contributed by atoms with E-state index in [0.29, 0.717) is 16.7 Å². The summed E-state index contributed by atoms with van der Waals surface area (Å²) in [6.07, 6.45) is -1.27. The van der Waals surface area contributed by atoms with Gasteiger partial charge in [0.15, 0.2) is 11.0 Å². The van der Waals surface area contributed by atoms with Gasteiger partial charge in [-0.15, -0.1) is 18.3 Å². The van der Waals surface area contributed by atoms with Crippen LogP contribution < -0.4 is 15.0 Å². The number of rotatable bonds is 8. The van der Waals surface area contributed by atoms with Crippen LogP contribution in [0.1, 0.15) is 43.0 Å². The molecule has 0 aliphatic carbocycles. The Morgan fingerprint density at radius 2 is 1.86 bits per heavy atom. The molecule has 43 heavy (non-hydrogen) atoms. The first-order valence-corrected chi connectivity index (χ1v) is 14.9. The molecule has 8 nitrogen and oxygen atoms in total. The minimum atomic E-state index is -4.75. The lowest BCUT2D eigenvalue weighted by atomic mass is 10.0. The van der Waals surface area contributed by atoms with Crippen molar-refractivity contribution in [1.82, 2.24) is 20.1 Å². The van der Waals surface area contributed by atoms with Crippen LogP contribution in [0.15, 0.2) is 78.0 Å². The van der Waals surface area contributed by atoms with Crippen LogP contribution in [0.25, 0.3) is 17.1 Å². The molecule has 0 bridgehead atoms. The second-order valence-corrected chi connectivity index (χ2v) is 11.2. The molecular weight excluding hydrogens is 577 g/mol. The Labute approximate surface area is 252 Å². The van der Waals surface area contributed by atoms with Gasteiger partial charge in [-0.3, -0.25) is 0 Å². The van der Waals surface area contributed by atoms with Crippen molar-refractivity contribution in [2.24, 2.45) is 4.99 Å². The number of amidine groups is 1. The van der Waals surface area contributed by atoms with Crippen LogP contribution in [0.3, 0.4) is 0 Å². The Bertz CT molecular complexity index is 1600. The molecule has 4 aromatic rings. The van der Waals surface area contributed by atoms with Gasteiger partial charge in [0.2, 0.25) is 0 Å². The highest BCUT2D eigenvalue weighted by atomic mass is 32.2. The fourth-order valence-electron chi connectivity index (χ4n) is 4.75. The predicted octanol–water partition coefficient (Wildman–Crippen LogP) is 7.47. The van der Waals surface area contributed by atoms with Crippen LogP contribution in [0.5, 0.6) is 5.75 Å². The maximum Gasteiger partial charge on any atom is 0.573 e. The maximum absolute atomic E-state index is 12.9. The van der Waals surface area contributed by atoms with Gasteiger partial charge in [0, 0.05) is 23.5 Å². The standard InChI is InChI=1S/C31H31F3N6O2S/c1-4-5-23-7-6-20(2)18-27(23)39-16-17-43-30(39)37-29(41)36-21(3)22-8-10-24(11-9-22)28-35-19-40(38-28)25-12-14-26(15-13-25)42-31(32,33)34/h6-15,18-19,21H,4-5,16-17H2,1-3H3,(H,36,41). The van der Waals surface area contributed by atoms with Crippen LogP contribution in [-0.2, 0) is 6.42 Å². The molecule has 1 fully saturated rings. The predicted molar refractivity (Wildman–Crippen MR) is 163 cm³/mol. The number of carbonyl (C=O) groups is 1. The number of urea groups is 1. The number of ether oxygens (including phenoxy) is 1. The maximum atomic E-state index is 12.9. The quantitative estimate of drug-likeness (QED) is 0.223. The molecule has 2 amide bonds. The Morgan fingerprint density at radius 1 is 1.12 bits per heavy atom. The van der Waals surface area contributed by atoms with Gasteiger partial charge in [-0.05, 0) is 67.3 Å². The van der Waals surface area contributed by atoms with Gasteiger partial charge < -0.3 is 15.0 Å². The number of hydrogen-bond acceptors (Lipinski definition) is 5. The van der Waals surface area contributed by atoms with E-state index < -0.39 is 12.4 Å². The lowest BCUT2D eigenvalue weighted by Gasteiger charge is -2.22. The number of benzene rings is 3. The number of aryl methyl sites for hydroxylation is 2. The van der Waals surface area contributed by atoms with Crippen molar-refractivity contribution in [3.63, 3.8) is 0 Å². The summed E-state index contributed by atoms with van der Waals surface area (Å²) in [5.41, 5.74) is 5.71.